The first-order valence-electron chi connectivity index (χ1n) is 6.53. The summed E-state index contributed by atoms with van der Waals surface area (Å²) in [6.45, 7) is 0.280. The molecule has 0 aromatic heterocycles. The van der Waals surface area contributed by atoms with Gasteiger partial charge in [0, 0.05) is 6.08 Å². The molecule has 0 spiro atoms. The van der Waals surface area contributed by atoms with Gasteiger partial charge in [0.25, 0.3) is 5.91 Å². The van der Waals surface area contributed by atoms with E-state index in [1.807, 2.05) is 60.7 Å². The van der Waals surface area contributed by atoms with Crippen LogP contribution in [0.2, 0.25) is 0 Å². The lowest BCUT2D eigenvalue weighted by Crippen LogP contribution is -2.27. The Morgan fingerprint density at radius 3 is 2.25 bits per heavy atom. The lowest BCUT2D eigenvalue weighted by molar-refractivity contribution is -0.158. The Morgan fingerprint density at radius 2 is 1.60 bits per heavy atom. The summed E-state index contributed by atoms with van der Waals surface area (Å²) in [5, 5.41) is 10.4. The van der Waals surface area contributed by atoms with Gasteiger partial charge in [-0.15, -0.1) is 0 Å². The third-order valence-electron chi connectivity index (χ3n) is 2.93. The van der Waals surface area contributed by atoms with E-state index >= 15 is 0 Å². The first-order valence-corrected chi connectivity index (χ1v) is 6.53. The zero-order chi connectivity index (χ0) is 14.2. The zero-order valence-corrected chi connectivity index (χ0v) is 11.1. The topological polar surface area (TPSA) is 40.5 Å². The molecule has 0 saturated carbocycles. The number of rotatable bonds is 5. The molecule has 3 nitrogen and oxygen atoms in total. The highest BCUT2D eigenvalue weighted by molar-refractivity contribution is 5.90. The Labute approximate surface area is 118 Å². The highest BCUT2D eigenvalue weighted by atomic mass is 16.5. The van der Waals surface area contributed by atoms with Crippen LogP contribution in [0, 0.1) is 0 Å². The molecule has 0 radical (unpaired) electrons. The van der Waals surface area contributed by atoms with E-state index in [-0.39, 0.29) is 6.54 Å². The predicted octanol–water partition coefficient (Wildman–Crippen LogP) is 3.16. The summed E-state index contributed by atoms with van der Waals surface area (Å²) in [7, 11) is 0. The van der Waals surface area contributed by atoms with Crippen LogP contribution in [0.15, 0.2) is 66.7 Å². The fourth-order valence-electron chi connectivity index (χ4n) is 1.81. The van der Waals surface area contributed by atoms with Crippen LogP contribution in [0.5, 0.6) is 0 Å². The lowest BCUT2D eigenvalue weighted by Gasteiger charge is -2.12. The van der Waals surface area contributed by atoms with Crippen LogP contribution in [0.1, 0.15) is 11.1 Å². The van der Waals surface area contributed by atoms with Crippen molar-refractivity contribution in [2.45, 2.75) is 6.42 Å². The van der Waals surface area contributed by atoms with Gasteiger partial charge in [-0.3, -0.25) is 10.0 Å². The minimum atomic E-state index is -0.412. The van der Waals surface area contributed by atoms with Crippen molar-refractivity contribution in [3.63, 3.8) is 0 Å². The molecule has 0 bridgehead atoms. The monoisotopic (exact) mass is 267 g/mol. The molecule has 0 aliphatic rings. The molecule has 1 amide bonds. The summed E-state index contributed by atoms with van der Waals surface area (Å²) in [5.74, 6) is -0.412. The Bertz CT molecular complexity index is 564. The molecule has 0 saturated heterocycles. The minimum absolute atomic E-state index is 0.280. The summed E-state index contributed by atoms with van der Waals surface area (Å²) >= 11 is 0. The fourth-order valence-corrected chi connectivity index (χ4v) is 1.81. The number of nitrogens with zero attached hydrogens (tertiary/aromatic N) is 1. The highest BCUT2D eigenvalue weighted by Gasteiger charge is 2.06. The molecule has 0 unspecified atom stereocenters. The van der Waals surface area contributed by atoms with Gasteiger partial charge < -0.3 is 0 Å². The molecule has 0 fully saturated rings. The number of hydrogen-bond donors (Lipinski definition) is 1. The summed E-state index contributed by atoms with van der Waals surface area (Å²) < 4.78 is 0. The van der Waals surface area contributed by atoms with E-state index in [0.717, 1.165) is 16.2 Å². The van der Waals surface area contributed by atoms with E-state index in [1.165, 1.54) is 6.08 Å². The van der Waals surface area contributed by atoms with Crippen molar-refractivity contribution in [2.75, 3.05) is 6.54 Å². The van der Waals surface area contributed by atoms with Gasteiger partial charge in [-0.05, 0) is 23.6 Å². The van der Waals surface area contributed by atoms with Crippen molar-refractivity contribution >= 4 is 12.0 Å². The molecular weight excluding hydrogens is 250 g/mol. The number of benzene rings is 2. The van der Waals surface area contributed by atoms with Gasteiger partial charge in [0.2, 0.25) is 0 Å². The standard InChI is InChI=1S/C17H17NO2/c19-17(12-11-15-7-3-1-4-8-15)18(20)14-13-16-9-5-2-6-10-16/h1-12,20H,13-14H2/b12-11+. The Morgan fingerprint density at radius 1 is 1.00 bits per heavy atom. The van der Waals surface area contributed by atoms with Crippen molar-refractivity contribution in [1.82, 2.24) is 5.06 Å². The zero-order valence-electron chi connectivity index (χ0n) is 11.1. The van der Waals surface area contributed by atoms with Crippen molar-refractivity contribution in [3.05, 3.63) is 77.9 Å². The summed E-state index contributed by atoms with van der Waals surface area (Å²) in [6, 6.07) is 19.3. The highest BCUT2D eigenvalue weighted by Crippen LogP contribution is 2.03. The third kappa shape index (κ3) is 4.37. The first kappa shape index (κ1) is 14.0. The van der Waals surface area contributed by atoms with E-state index in [1.54, 1.807) is 6.08 Å². The number of hydroxylamine groups is 2. The smallest absolute Gasteiger partial charge is 0.269 e. The van der Waals surface area contributed by atoms with Gasteiger partial charge in [-0.2, -0.15) is 0 Å². The van der Waals surface area contributed by atoms with Crippen molar-refractivity contribution in [1.29, 1.82) is 0 Å². The maximum Gasteiger partial charge on any atom is 0.269 e. The van der Waals surface area contributed by atoms with Crippen LogP contribution in [-0.2, 0) is 11.2 Å². The Kier molecular flexibility index (Phi) is 5.09. The van der Waals surface area contributed by atoms with Crippen molar-refractivity contribution < 1.29 is 10.0 Å². The van der Waals surface area contributed by atoms with Gasteiger partial charge in [-0.25, -0.2) is 5.06 Å². The molecule has 2 aromatic carbocycles. The van der Waals surface area contributed by atoms with Crippen LogP contribution in [0.3, 0.4) is 0 Å². The van der Waals surface area contributed by atoms with Crippen LogP contribution in [0.25, 0.3) is 6.08 Å². The lowest BCUT2D eigenvalue weighted by atomic mass is 10.1. The quantitative estimate of drug-likeness (QED) is 0.513. The predicted molar refractivity (Wildman–Crippen MR) is 79.1 cm³/mol. The molecule has 20 heavy (non-hydrogen) atoms. The average Bonchev–Trinajstić information content (AvgIpc) is 2.52. The summed E-state index contributed by atoms with van der Waals surface area (Å²) in [6.07, 6.45) is 3.69. The number of carbonyl (C=O) groups is 1. The second-order valence-electron chi connectivity index (χ2n) is 4.44. The molecule has 2 aromatic rings. The van der Waals surface area contributed by atoms with Crippen molar-refractivity contribution in [3.8, 4) is 0 Å². The Hall–Kier alpha value is -2.39. The number of carbonyl (C=O) groups excluding carboxylic acids is 1. The first-order chi connectivity index (χ1) is 9.75. The summed E-state index contributed by atoms with van der Waals surface area (Å²) in [4.78, 5) is 11.7. The van der Waals surface area contributed by atoms with Crippen LogP contribution >= 0.6 is 0 Å². The van der Waals surface area contributed by atoms with E-state index in [2.05, 4.69) is 0 Å². The van der Waals surface area contributed by atoms with Crippen LogP contribution in [-0.4, -0.2) is 22.7 Å². The van der Waals surface area contributed by atoms with Gasteiger partial charge in [0.15, 0.2) is 0 Å². The largest absolute Gasteiger partial charge is 0.286 e. The molecule has 0 atom stereocenters. The Balaban J connectivity index is 1.85. The second kappa shape index (κ2) is 7.26. The van der Waals surface area contributed by atoms with Gasteiger partial charge in [0.05, 0.1) is 6.54 Å². The summed E-state index contributed by atoms with van der Waals surface area (Å²) in [5.41, 5.74) is 2.02. The molecule has 102 valence electrons. The minimum Gasteiger partial charge on any atom is -0.286 e. The number of amides is 1. The second-order valence-corrected chi connectivity index (χ2v) is 4.44. The van der Waals surface area contributed by atoms with E-state index in [4.69, 9.17) is 0 Å². The maximum atomic E-state index is 11.7. The van der Waals surface area contributed by atoms with E-state index < -0.39 is 5.91 Å². The average molecular weight is 267 g/mol. The third-order valence-corrected chi connectivity index (χ3v) is 2.93. The van der Waals surface area contributed by atoms with Gasteiger partial charge in [0.1, 0.15) is 0 Å². The molecule has 2 rings (SSSR count). The molecule has 0 aliphatic heterocycles. The molecule has 0 aliphatic carbocycles. The normalized spacial score (nSPS) is 10.7. The molecule has 3 heteroatoms. The molecule has 1 N–H and O–H groups in total. The van der Waals surface area contributed by atoms with Gasteiger partial charge in [-0.1, -0.05) is 60.7 Å². The maximum absolute atomic E-state index is 11.7. The van der Waals surface area contributed by atoms with Crippen LogP contribution < -0.4 is 0 Å². The van der Waals surface area contributed by atoms with E-state index in [9.17, 15) is 10.0 Å². The fraction of sp³-hybridized carbons (Fsp3) is 0.118. The number of hydrogen-bond acceptors (Lipinski definition) is 2. The SMILES string of the molecule is O=C(/C=C/c1ccccc1)N(O)CCc1ccccc1. The molecule has 0 heterocycles. The van der Waals surface area contributed by atoms with Gasteiger partial charge >= 0.3 is 0 Å². The van der Waals surface area contributed by atoms with E-state index in [0.29, 0.717) is 6.42 Å². The van der Waals surface area contributed by atoms with Crippen LogP contribution in [0.4, 0.5) is 0 Å². The molecular formula is C17H17NO2. The van der Waals surface area contributed by atoms with Crippen molar-refractivity contribution in [2.24, 2.45) is 0 Å².